The number of nitrogens with zero attached hydrogens (tertiary/aromatic N) is 1. The second-order valence-electron chi connectivity index (χ2n) is 5.72. The first-order chi connectivity index (χ1) is 13.3. The van der Waals surface area contributed by atoms with Crippen molar-refractivity contribution in [2.45, 2.75) is 0 Å². The van der Waals surface area contributed by atoms with Crippen molar-refractivity contribution in [2.24, 2.45) is 0 Å². The van der Waals surface area contributed by atoms with Crippen molar-refractivity contribution >= 4 is 57.8 Å². The zero-order valence-electron chi connectivity index (χ0n) is 14.2. The largest absolute Gasteiger partial charge is 0.478 e. The topological polar surface area (TPSA) is 86.7 Å². The summed E-state index contributed by atoms with van der Waals surface area (Å²) in [5, 5.41) is 11.5. The summed E-state index contributed by atoms with van der Waals surface area (Å²) >= 11 is 6.14. The molecular weight excluding hydrogens is 403 g/mol. The van der Waals surface area contributed by atoms with Gasteiger partial charge in [-0.05, 0) is 30.3 Å². The van der Waals surface area contributed by atoms with Crippen molar-refractivity contribution in [2.75, 3.05) is 11.9 Å². The van der Waals surface area contributed by atoms with Crippen LogP contribution in [-0.4, -0.2) is 38.7 Å². The Kier molecular flexibility index (Phi) is 5.86. The van der Waals surface area contributed by atoms with E-state index in [0.29, 0.717) is 0 Å². The second-order valence-corrected chi connectivity index (χ2v) is 7.40. The van der Waals surface area contributed by atoms with Crippen molar-refractivity contribution in [3.05, 3.63) is 70.4 Å². The maximum atomic E-state index is 13.8. The first kappa shape index (κ1) is 19.7. The normalized spacial score (nSPS) is 15.2. The molecule has 3 rings (SSSR count). The summed E-state index contributed by atoms with van der Waals surface area (Å²) in [5.74, 6) is -2.62. The predicted molar refractivity (Wildman–Crippen MR) is 108 cm³/mol. The lowest BCUT2D eigenvalue weighted by molar-refractivity contribution is -0.126. The molecular formula is C19H13FN2O4S2. The number of carbonyl (C=O) groups is 3. The molecule has 0 bridgehead atoms. The smallest absolute Gasteiger partial charge is 0.335 e. The number of anilines is 1. The fourth-order valence-electron chi connectivity index (χ4n) is 2.44. The van der Waals surface area contributed by atoms with Gasteiger partial charge in [0.1, 0.15) is 16.7 Å². The highest BCUT2D eigenvalue weighted by molar-refractivity contribution is 8.26. The standard InChI is InChI=1S/C19H13FN2O4S2/c20-14-7-2-1-4-11(14)9-15-17(24)22(19(27)28-15)10-16(23)21-13-6-3-5-12(8-13)18(25)26/h1-9H,10H2,(H,21,23)(H,25,26). The first-order valence-electron chi connectivity index (χ1n) is 7.98. The molecule has 28 heavy (non-hydrogen) atoms. The van der Waals surface area contributed by atoms with Gasteiger partial charge in [0.2, 0.25) is 5.91 Å². The van der Waals surface area contributed by atoms with E-state index in [2.05, 4.69) is 5.32 Å². The number of hydrogen-bond acceptors (Lipinski definition) is 5. The van der Waals surface area contributed by atoms with Gasteiger partial charge in [0.15, 0.2) is 0 Å². The zero-order chi connectivity index (χ0) is 20.3. The molecule has 9 heteroatoms. The SMILES string of the molecule is O=C(CN1C(=O)C(=Cc2ccccc2F)SC1=S)Nc1cccc(C(=O)O)c1. The Labute approximate surface area is 169 Å². The van der Waals surface area contributed by atoms with Gasteiger partial charge < -0.3 is 10.4 Å². The van der Waals surface area contributed by atoms with Gasteiger partial charge in [-0.1, -0.05) is 48.2 Å². The highest BCUT2D eigenvalue weighted by Crippen LogP contribution is 2.32. The lowest BCUT2D eigenvalue weighted by atomic mass is 10.2. The number of thioether (sulfide) groups is 1. The van der Waals surface area contributed by atoms with Gasteiger partial charge in [-0.15, -0.1) is 0 Å². The van der Waals surface area contributed by atoms with Crippen molar-refractivity contribution < 1.29 is 23.9 Å². The maximum absolute atomic E-state index is 13.8. The van der Waals surface area contributed by atoms with Gasteiger partial charge in [0.25, 0.3) is 5.91 Å². The number of rotatable bonds is 5. The van der Waals surface area contributed by atoms with E-state index >= 15 is 0 Å². The number of aromatic carboxylic acids is 1. The molecule has 1 aliphatic rings. The van der Waals surface area contributed by atoms with E-state index in [1.165, 1.54) is 42.5 Å². The zero-order valence-corrected chi connectivity index (χ0v) is 15.8. The molecule has 1 fully saturated rings. The average molecular weight is 416 g/mol. The van der Waals surface area contributed by atoms with Crippen LogP contribution in [0.5, 0.6) is 0 Å². The number of thiocarbonyl (C=S) groups is 1. The van der Waals surface area contributed by atoms with Crippen LogP contribution in [0, 0.1) is 5.82 Å². The van der Waals surface area contributed by atoms with Gasteiger partial charge in [-0.25, -0.2) is 9.18 Å². The quantitative estimate of drug-likeness (QED) is 0.574. The van der Waals surface area contributed by atoms with Crippen molar-refractivity contribution in [3.63, 3.8) is 0 Å². The number of nitrogens with one attached hydrogen (secondary N) is 1. The van der Waals surface area contributed by atoms with Crippen LogP contribution in [0.1, 0.15) is 15.9 Å². The van der Waals surface area contributed by atoms with E-state index in [1.54, 1.807) is 12.1 Å². The molecule has 2 aromatic rings. The van der Waals surface area contributed by atoms with Gasteiger partial charge >= 0.3 is 5.97 Å². The highest BCUT2D eigenvalue weighted by Gasteiger charge is 2.33. The van der Waals surface area contributed by atoms with E-state index in [1.807, 2.05) is 0 Å². The molecule has 6 nitrogen and oxygen atoms in total. The summed E-state index contributed by atoms with van der Waals surface area (Å²) in [4.78, 5) is 37.1. The summed E-state index contributed by atoms with van der Waals surface area (Å²) in [6.07, 6.45) is 1.39. The minimum Gasteiger partial charge on any atom is -0.478 e. The van der Waals surface area contributed by atoms with Crippen LogP contribution in [-0.2, 0) is 9.59 Å². The van der Waals surface area contributed by atoms with E-state index < -0.39 is 23.6 Å². The molecule has 0 unspecified atom stereocenters. The van der Waals surface area contributed by atoms with Crippen molar-refractivity contribution in [1.82, 2.24) is 4.90 Å². The minimum absolute atomic E-state index is 0.0243. The van der Waals surface area contributed by atoms with Gasteiger partial charge in [0, 0.05) is 11.3 Å². The number of carboxylic acids is 1. The van der Waals surface area contributed by atoms with Crippen molar-refractivity contribution in [1.29, 1.82) is 0 Å². The highest BCUT2D eigenvalue weighted by atomic mass is 32.2. The van der Waals surface area contributed by atoms with Crippen molar-refractivity contribution in [3.8, 4) is 0 Å². The molecule has 0 aromatic heterocycles. The summed E-state index contributed by atoms with van der Waals surface area (Å²) in [5.41, 5.74) is 0.561. The average Bonchev–Trinajstić information content (AvgIpc) is 2.91. The monoisotopic (exact) mass is 416 g/mol. The third-order valence-corrected chi connectivity index (χ3v) is 5.14. The number of benzene rings is 2. The molecule has 1 heterocycles. The molecule has 0 aliphatic carbocycles. The van der Waals surface area contributed by atoms with Crippen LogP contribution in [0.2, 0.25) is 0 Å². The van der Waals surface area contributed by atoms with E-state index in [0.717, 1.165) is 16.7 Å². The molecule has 142 valence electrons. The Bertz CT molecular complexity index is 1020. The maximum Gasteiger partial charge on any atom is 0.335 e. The molecule has 2 aromatic carbocycles. The molecule has 0 saturated carbocycles. The van der Waals surface area contributed by atoms with Crippen LogP contribution < -0.4 is 5.32 Å². The Morgan fingerprint density at radius 2 is 1.96 bits per heavy atom. The molecule has 0 atom stereocenters. The van der Waals surface area contributed by atoms with Gasteiger partial charge in [0.05, 0.1) is 10.5 Å². The third-order valence-electron chi connectivity index (χ3n) is 3.76. The van der Waals surface area contributed by atoms with E-state index in [4.69, 9.17) is 17.3 Å². The number of carbonyl (C=O) groups excluding carboxylic acids is 2. The van der Waals surface area contributed by atoms with Crippen LogP contribution >= 0.6 is 24.0 Å². The van der Waals surface area contributed by atoms with Gasteiger partial charge in [-0.2, -0.15) is 0 Å². The molecule has 0 spiro atoms. The Morgan fingerprint density at radius 3 is 2.68 bits per heavy atom. The summed E-state index contributed by atoms with van der Waals surface area (Å²) in [7, 11) is 0. The summed E-state index contributed by atoms with van der Waals surface area (Å²) < 4.78 is 14.0. The van der Waals surface area contributed by atoms with E-state index in [-0.39, 0.29) is 32.6 Å². The summed E-state index contributed by atoms with van der Waals surface area (Å²) in [6.45, 7) is -0.337. The van der Waals surface area contributed by atoms with Crippen LogP contribution in [0.4, 0.5) is 10.1 Å². The molecule has 2 N–H and O–H groups in total. The number of amides is 2. The third kappa shape index (κ3) is 4.44. The number of carboxylic acid groups (broad SMARTS) is 1. The Hall–Kier alpha value is -3.04. The molecule has 2 amide bonds. The van der Waals surface area contributed by atoms with Crippen LogP contribution in [0.15, 0.2) is 53.4 Å². The van der Waals surface area contributed by atoms with E-state index in [9.17, 15) is 18.8 Å². The number of halogens is 1. The van der Waals surface area contributed by atoms with Gasteiger partial charge in [-0.3, -0.25) is 14.5 Å². The molecule has 0 radical (unpaired) electrons. The van der Waals surface area contributed by atoms with Crippen LogP contribution in [0.3, 0.4) is 0 Å². The van der Waals surface area contributed by atoms with Crippen LogP contribution in [0.25, 0.3) is 6.08 Å². The lowest BCUT2D eigenvalue weighted by Crippen LogP contribution is -2.36. The number of hydrogen-bond donors (Lipinski definition) is 2. The second kappa shape index (κ2) is 8.32. The minimum atomic E-state index is -1.12. The summed E-state index contributed by atoms with van der Waals surface area (Å²) in [6, 6.07) is 11.7. The molecule has 1 saturated heterocycles. The Morgan fingerprint density at radius 1 is 1.21 bits per heavy atom. The molecule has 1 aliphatic heterocycles. The predicted octanol–water partition coefficient (Wildman–Crippen LogP) is 3.36. The lowest BCUT2D eigenvalue weighted by Gasteiger charge is -2.14. The Balaban J connectivity index is 1.71. The first-order valence-corrected chi connectivity index (χ1v) is 9.21. The fraction of sp³-hybridized carbons (Fsp3) is 0.0526. The fourth-order valence-corrected chi connectivity index (χ4v) is 3.69.